The summed E-state index contributed by atoms with van der Waals surface area (Å²) in [5, 5.41) is 10.9. The van der Waals surface area contributed by atoms with E-state index in [9.17, 15) is 10.1 Å². The number of benzene rings is 1. The first kappa shape index (κ1) is 10.8. The van der Waals surface area contributed by atoms with E-state index in [4.69, 9.17) is 16.3 Å². The molecule has 0 spiro atoms. The van der Waals surface area contributed by atoms with Gasteiger partial charge in [0.25, 0.3) is 5.69 Å². The fraction of sp³-hybridized carbons (Fsp3) is 0.500. The Labute approximate surface area is 104 Å². The largest absolute Gasteiger partial charge is 0.489 e. The van der Waals surface area contributed by atoms with Crippen molar-refractivity contribution in [1.29, 1.82) is 0 Å². The molecule has 2 aliphatic rings. The topological polar surface area (TPSA) is 52.4 Å². The van der Waals surface area contributed by atoms with Crippen LogP contribution >= 0.6 is 11.6 Å². The van der Waals surface area contributed by atoms with Crippen LogP contribution in [0.25, 0.3) is 0 Å². The molecule has 0 amide bonds. The number of nitro groups is 1. The van der Waals surface area contributed by atoms with Crippen LogP contribution in [0.3, 0.4) is 0 Å². The van der Waals surface area contributed by atoms with Crippen LogP contribution in [0, 0.1) is 22.0 Å². The van der Waals surface area contributed by atoms with Gasteiger partial charge in [0, 0.05) is 12.1 Å². The lowest BCUT2D eigenvalue weighted by atomic mass is 10.2. The first-order valence-electron chi connectivity index (χ1n) is 5.74. The molecule has 2 unspecified atom stereocenters. The van der Waals surface area contributed by atoms with E-state index < -0.39 is 4.92 Å². The van der Waals surface area contributed by atoms with Gasteiger partial charge >= 0.3 is 0 Å². The number of rotatable bonds is 3. The Hall–Kier alpha value is -1.29. The van der Waals surface area contributed by atoms with Gasteiger partial charge in [-0.05, 0) is 37.2 Å². The first-order valence-corrected chi connectivity index (χ1v) is 6.12. The second kappa shape index (κ2) is 3.88. The lowest BCUT2D eigenvalue weighted by molar-refractivity contribution is -0.384. The van der Waals surface area contributed by atoms with Crippen LogP contribution in [0.1, 0.15) is 19.3 Å². The third-order valence-corrected chi connectivity index (χ3v) is 3.92. The van der Waals surface area contributed by atoms with E-state index in [2.05, 4.69) is 0 Å². The van der Waals surface area contributed by atoms with E-state index in [0.29, 0.717) is 10.8 Å². The Morgan fingerprint density at radius 3 is 2.59 bits per heavy atom. The van der Waals surface area contributed by atoms with Gasteiger partial charge in [-0.25, -0.2) is 0 Å². The molecule has 3 rings (SSSR count). The van der Waals surface area contributed by atoms with Gasteiger partial charge < -0.3 is 4.74 Å². The number of hydrogen-bond acceptors (Lipinski definition) is 3. The summed E-state index contributed by atoms with van der Waals surface area (Å²) in [5.74, 6) is 2.25. The second-order valence-corrected chi connectivity index (χ2v) is 5.25. The van der Waals surface area contributed by atoms with Crippen molar-refractivity contribution in [2.45, 2.75) is 25.4 Å². The fourth-order valence-corrected chi connectivity index (χ4v) is 2.85. The Morgan fingerprint density at radius 2 is 2.00 bits per heavy atom. The number of nitrogens with zero attached hydrogens (tertiary/aromatic N) is 1. The molecule has 0 aliphatic heterocycles. The Bertz CT molecular complexity index is 467. The van der Waals surface area contributed by atoms with Crippen LogP contribution in [-0.2, 0) is 0 Å². The zero-order valence-electron chi connectivity index (χ0n) is 9.14. The molecule has 0 bridgehead atoms. The number of fused-ring (bicyclic) bond motifs is 1. The number of ether oxygens (including phenoxy) is 1. The minimum absolute atomic E-state index is 0.00313. The summed E-state index contributed by atoms with van der Waals surface area (Å²) < 4.78 is 5.79. The molecular formula is C12H12ClNO3. The van der Waals surface area contributed by atoms with E-state index >= 15 is 0 Å². The SMILES string of the molecule is O=[N+]([O-])c1ccc(OC2CC3CC3C2)c(Cl)c1. The van der Waals surface area contributed by atoms with Gasteiger partial charge in [0.1, 0.15) is 5.75 Å². The molecule has 17 heavy (non-hydrogen) atoms. The highest BCUT2D eigenvalue weighted by Gasteiger charge is 2.46. The van der Waals surface area contributed by atoms with E-state index in [1.165, 1.54) is 18.6 Å². The molecule has 90 valence electrons. The van der Waals surface area contributed by atoms with Gasteiger partial charge in [0.15, 0.2) is 0 Å². The zero-order valence-corrected chi connectivity index (χ0v) is 9.89. The number of non-ortho nitro benzene ring substituents is 1. The lowest BCUT2D eigenvalue weighted by Crippen LogP contribution is -2.13. The molecule has 0 N–H and O–H groups in total. The average Bonchev–Trinajstić information content (AvgIpc) is 2.89. The van der Waals surface area contributed by atoms with Crippen molar-refractivity contribution in [3.8, 4) is 5.75 Å². The van der Waals surface area contributed by atoms with Gasteiger partial charge in [0.05, 0.1) is 16.0 Å². The van der Waals surface area contributed by atoms with Crippen molar-refractivity contribution in [2.24, 2.45) is 11.8 Å². The third-order valence-electron chi connectivity index (χ3n) is 3.62. The smallest absolute Gasteiger partial charge is 0.271 e. The lowest BCUT2D eigenvalue weighted by Gasteiger charge is -2.15. The molecular weight excluding hydrogens is 242 g/mol. The molecule has 1 aromatic rings. The minimum atomic E-state index is -0.458. The summed E-state index contributed by atoms with van der Waals surface area (Å²) in [5.41, 5.74) is -0.00313. The summed E-state index contributed by atoms with van der Waals surface area (Å²) in [7, 11) is 0. The normalized spacial score (nSPS) is 29.8. The maximum atomic E-state index is 10.6. The minimum Gasteiger partial charge on any atom is -0.489 e. The zero-order chi connectivity index (χ0) is 12.0. The Morgan fingerprint density at radius 1 is 1.29 bits per heavy atom. The van der Waals surface area contributed by atoms with Gasteiger partial charge in [-0.3, -0.25) is 10.1 Å². The summed E-state index contributed by atoms with van der Waals surface area (Å²) in [6.45, 7) is 0. The molecule has 2 atom stereocenters. The van der Waals surface area contributed by atoms with Crippen molar-refractivity contribution in [3.63, 3.8) is 0 Å². The quantitative estimate of drug-likeness (QED) is 0.613. The van der Waals surface area contributed by atoms with Crippen molar-refractivity contribution in [2.75, 3.05) is 0 Å². The van der Waals surface area contributed by atoms with E-state index in [1.807, 2.05) is 0 Å². The molecule has 1 aromatic carbocycles. The molecule has 0 saturated heterocycles. The van der Waals surface area contributed by atoms with E-state index in [0.717, 1.165) is 24.7 Å². The summed E-state index contributed by atoms with van der Waals surface area (Å²) in [6.07, 6.45) is 3.77. The third kappa shape index (κ3) is 2.09. The van der Waals surface area contributed by atoms with Crippen LogP contribution in [0.4, 0.5) is 5.69 Å². The van der Waals surface area contributed by atoms with Crippen LogP contribution in [0.5, 0.6) is 5.75 Å². The summed E-state index contributed by atoms with van der Waals surface area (Å²) in [4.78, 5) is 10.1. The van der Waals surface area contributed by atoms with Crippen molar-refractivity contribution in [1.82, 2.24) is 0 Å². The van der Waals surface area contributed by atoms with Gasteiger partial charge in [-0.1, -0.05) is 11.6 Å². The van der Waals surface area contributed by atoms with Crippen molar-refractivity contribution in [3.05, 3.63) is 33.3 Å². The predicted octanol–water partition coefficient (Wildman–Crippen LogP) is 3.43. The molecule has 5 heteroatoms. The predicted molar refractivity (Wildman–Crippen MR) is 63.4 cm³/mol. The van der Waals surface area contributed by atoms with Crippen molar-refractivity contribution >= 4 is 17.3 Å². The Balaban J connectivity index is 1.72. The summed E-state index contributed by atoms with van der Waals surface area (Å²) in [6, 6.07) is 4.36. The molecule has 0 aromatic heterocycles. The van der Waals surface area contributed by atoms with Gasteiger partial charge in [-0.2, -0.15) is 0 Å². The van der Waals surface area contributed by atoms with E-state index in [-0.39, 0.29) is 11.8 Å². The van der Waals surface area contributed by atoms with Crippen LogP contribution in [-0.4, -0.2) is 11.0 Å². The highest BCUT2D eigenvalue weighted by molar-refractivity contribution is 6.32. The monoisotopic (exact) mass is 253 g/mol. The Kier molecular flexibility index (Phi) is 2.47. The van der Waals surface area contributed by atoms with Crippen LogP contribution < -0.4 is 4.74 Å². The second-order valence-electron chi connectivity index (χ2n) is 4.84. The first-order chi connectivity index (χ1) is 8.13. The molecule has 2 saturated carbocycles. The highest BCUT2D eigenvalue weighted by Crippen LogP contribution is 2.52. The van der Waals surface area contributed by atoms with E-state index in [1.54, 1.807) is 6.07 Å². The molecule has 0 radical (unpaired) electrons. The maximum Gasteiger partial charge on any atom is 0.271 e. The average molecular weight is 254 g/mol. The number of halogens is 1. The molecule has 2 fully saturated rings. The molecule has 4 nitrogen and oxygen atoms in total. The van der Waals surface area contributed by atoms with Crippen molar-refractivity contribution < 1.29 is 9.66 Å². The van der Waals surface area contributed by atoms with Crippen LogP contribution in [0.2, 0.25) is 5.02 Å². The maximum absolute atomic E-state index is 10.6. The molecule has 0 heterocycles. The standard InChI is InChI=1S/C12H12ClNO3/c13-11-6-9(14(15)16)1-2-12(11)17-10-4-7-3-8(7)5-10/h1-2,6-8,10H,3-5H2. The number of hydrogen-bond donors (Lipinski definition) is 0. The molecule has 2 aliphatic carbocycles. The fourth-order valence-electron chi connectivity index (χ4n) is 2.63. The van der Waals surface area contributed by atoms with Crippen LogP contribution in [0.15, 0.2) is 18.2 Å². The highest BCUT2D eigenvalue weighted by atomic mass is 35.5. The van der Waals surface area contributed by atoms with Gasteiger partial charge in [-0.15, -0.1) is 0 Å². The number of nitro benzene ring substituents is 1. The van der Waals surface area contributed by atoms with Gasteiger partial charge in [0.2, 0.25) is 0 Å². The summed E-state index contributed by atoms with van der Waals surface area (Å²) >= 11 is 5.97.